The fraction of sp³-hybridized carbons (Fsp3) is 0.310. The molecule has 0 aliphatic carbocycles. The van der Waals surface area contributed by atoms with Crippen LogP contribution < -0.4 is 15.6 Å². The molecular weight excluding hydrogens is 532 g/mol. The topological polar surface area (TPSA) is 119 Å². The number of benzene rings is 1. The number of aromatic nitrogens is 4. The number of aromatic amines is 1. The van der Waals surface area contributed by atoms with Gasteiger partial charge in [-0.3, -0.25) is 4.79 Å². The monoisotopic (exact) mass is 561 g/mol. The van der Waals surface area contributed by atoms with E-state index in [1.165, 1.54) is 10.8 Å². The molecule has 6 rings (SSSR count). The van der Waals surface area contributed by atoms with Gasteiger partial charge in [-0.15, -0.1) is 0 Å². The number of rotatable bonds is 5. The van der Waals surface area contributed by atoms with Crippen LogP contribution >= 0.6 is 0 Å². The average Bonchev–Trinajstić information content (AvgIpc) is 3.36. The van der Waals surface area contributed by atoms with Gasteiger partial charge in [0.15, 0.2) is 11.6 Å². The van der Waals surface area contributed by atoms with Crippen molar-refractivity contribution in [3.05, 3.63) is 58.1 Å². The minimum Gasteiger partial charge on any atom is -0.477 e. The van der Waals surface area contributed by atoms with Gasteiger partial charge in [0.05, 0.1) is 33.1 Å². The molecule has 1 saturated heterocycles. The number of anilines is 2. The van der Waals surface area contributed by atoms with Crippen molar-refractivity contribution in [1.82, 2.24) is 24.4 Å². The zero-order chi connectivity index (χ0) is 29.2. The van der Waals surface area contributed by atoms with Crippen molar-refractivity contribution >= 4 is 50.3 Å². The van der Waals surface area contributed by atoms with Gasteiger partial charge in [-0.2, -0.15) is 0 Å². The molecule has 0 bridgehead atoms. The molecule has 3 N–H and O–H groups in total. The second-order valence-electron chi connectivity index (χ2n) is 10.7. The maximum absolute atomic E-state index is 15.6. The highest BCUT2D eigenvalue weighted by Gasteiger charge is 2.29. The summed E-state index contributed by atoms with van der Waals surface area (Å²) >= 11 is 0. The van der Waals surface area contributed by atoms with E-state index < -0.39 is 23.0 Å². The normalized spacial score (nSPS) is 15.9. The van der Waals surface area contributed by atoms with E-state index in [9.17, 15) is 19.1 Å². The van der Waals surface area contributed by atoms with Crippen LogP contribution in [0.5, 0.6) is 0 Å². The standard InChI is InChI=1S/C29H29F2N7O3/c1-32-20-9-19(30)23(31)21-22-25(38-7-5-6-15(12-38)36(2)3)17(11-33-27(22)35-24(20)21)14-8-16-26(39)18(29(40)41)13-37(4)28(16)34-10-14/h8-11,13,15,32H,5-7,12H2,1-4H3,(H,33,35)(H,40,41)/t15-/m0/s1. The summed E-state index contributed by atoms with van der Waals surface area (Å²) in [5.74, 6) is -3.30. The quantitative estimate of drug-likeness (QED) is 0.293. The van der Waals surface area contributed by atoms with Gasteiger partial charge in [0.25, 0.3) is 0 Å². The molecule has 1 aliphatic rings. The summed E-state index contributed by atoms with van der Waals surface area (Å²) in [6.45, 7) is 1.30. The lowest BCUT2D eigenvalue weighted by Crippen LogP contribution is -2.45. The first-order chi connectivity index (χ1) is 19.6. The van der Waals surface area contributed by atoms with Crippen LogP contribution in [0.4, 0.5) is 20.2 Å². The van der Waals surface area contributed by atoms with E-state index in [2.05, 4.69) is 30.1 Å². The van der Waals surface area contributed by atoms with Crippen LogP contribution in [0.25, 0.3) is 44.1 Å². The molecule has 4 aromatic heterocycles. The largest absolute Gasteiger partial charge is 0.477 e. The number of hydrogen-bond donors (Lipinski definition) is 3. The summed E-state index contributed by atoms with van der Waals surface area (Å²) in [5, 5.41) is 13.2. The van der Waals surface area contributed by atoms with Crippen LogP contribution in [-0.4, -0.2) is 75.8 Å². The van der Waals surface area contributed by atoms with Crippen molar-refractivity contribution in [3.8, 4) is 11.1 Å². The van der Waals surface area contributed by atoms with Gasteiger partial charge < -0.3 is 29.8 Å². The summed E-state index contributed by atoms with van der Waals surface area (Å²) in [5.41, 5.74) is 2.21. The fourth-order valence-corrected chi connectivity index (χ4v) is 5.92. The van der Waals surface area contributed by atoms with Crippen molar-refractivity contribution in [1.29, 1.82) is 0 Å². The number of likely N-dealkylation sites (N-methyl/N-ethyl adjacent to an activating group) is 1. The fourth-order valence-electron chi connectivity index (χ4n) is 5.92. The number of fused-ring (bicyclic) bond motifs is 4. The third-order valence-corrected chi connectivity index (χ3v) is 8.03. The summed E-state index contributed by atoms with van der Waals surface area (Å²) in [6.07, 6.45) is 6.34. The van der Waals surface area contributed by atoms with Crippen LogP contribution in [0.15, 0.2) is 35.5 Å². The predicted molar refractivity (Wildman–Crippen MR) is 155 cm³/mol. The molecule has 5 heterocycles. The lowest BCUT2D eigenvalue weighted by molar-refractivity contribution is 0.0695. The van der Waals surface area contributed by atoms with E-state index in [-0.39, 0.29) is 22.4 Å². The first-order valence-corrected chi connectivity index (χ1v) is 13.2. The molecule has 1 aliphatic heterocycles. The highest BCUT2D eigenvalue weighted by atomic mass is 19.2. The van der Waals surface area contributed by atoms with E-state index in [1.807, 2.05) is 14.1 Å². The van der Waals surface area contributed by atoms with Gasteiger partial charge in [-0.25, -0.2) is 23.5 Å². The summed E-state index contributed by atoms with van der Waals surface area (Å²) < 4.78 is 32.0. The molecule has 12 heteroatoms. The van der Waals surface area contributed by atoms with Gasteiger partial charge in [0, 0.05) is 69.0 Å². The number of aromatic carboxylic acids is 1. The zero-order valence-corrected chi connectivity index (χ0v) is 23.0. The van der Waals surface area contributed by atoms with E-state index >= 15 is 4.39 Å². The predicted octanol–water partition coefficient (Wildman–Crippen LogP) is 4.18. The number of pyridine rings is 3. The number of piperidine rings is 1. The first-order valence-electron chi connectivity index (χ1n) is 13.2. The molecule has 0 radical (unpaired) electrons. The third kappa shape index (κ3) is 4.17. The number of nitrogens with one attached hydrogen (secondary N) is 2. The number of H-pyrrole nitrogens is 1. The Morgan fingerprint density at radius 3 is 2.68 bits per heavy atom. The van der Waals surface area contributed by atoms with Crippen molar-refractivity contribution in [3.63, 3.8) is 0 Å². The Balaban J connectivity index is 1.70. The van der Waals surface area contributed by atoms with Gasteiger partial charge in [-0.05, 0) is 33.0 Å². The van der Waals surface area contributed by atoms with Crippen LogP contribution in [0, 0.1) is 11.6 Å². The van der Waals surface area contributed by atoms with Crippen LogP contribution in [0.1, 0.15) is 23.2 Å². The highest BCUT2D eigenvalue weighted by molar-refractivity contribution is 6.18. The van der Waals surface area contributed by atoms with E-state index in [4.69, 9.17) is 0 Å². The molecule has 10 nitrogen and oxygen atoms in total. The zero-order valence-electron chi connectivity index (χ0n) is 23.0. The number of aryl methyl sites for hydroxylation is 1. The second-order valence-corrected chi connectivity index (χ2v) is 10.7. The van der Waals surface area contributed by atoms with Gasteiger partial charge >= 0.3 is 5.97 Å². The lowest BCUT2D eigenvalue weighted by atomic mass is 9.98. The van der Waals surface area contributed by atoms with Crippen molar-refractivity contribution in [2.24, 2.45) is 7.05 Å². The molecule has 1 fully saturated rings. The molecule has 0 unspecified atom stereocenters. The van der Waals surface area contributed by atoms with E-state index in [1.54, 1.807) is 32.6 Å². The minimum absolute atomic E-state index is 0.0819. The SMILES string of the molecule is CNc1cc(F)c(F)c2c1[nH]c1ncc(-c3cnc4c(c3)c(=O)c(C(=O)O)cn4C)c(N3CCC[C@H](N(C)C)C3)c12. The second kappa shape index (κ2) is 9.81. The third-order valence-electron chi connectivity index (χ3n) is 8.03. The molecule has 0 spiro atoms. The molecule has 41 heavy (non-hydrogen) atoms. The highest BCUT2D eigenvalue weighted by Crippen LogP contribution is 2.44. The number of hydrogen-bond acceptors (Lipinski definition) is 7. The van der Waals surface area contributed by atoms with Crippen LogP contribution in [-0.2, 0) is 7.05 Å². The lowest BCUT2D eigenvalue weighted by Gasteiger charge is -2.38. The van der Waals surface area contributed by atoms with Gasteiger partial charge in [-0.1, -0.05) is 0 Å². The molecule has 212 valence electrons. The number of carbonyl (C=O) groups is 1. The molecule has 0 saturated carbocycles. The Bertz CT molecular complexity index is 1930. The maximum atomic E-state index is 15.6. The van der Waals surface area contributed by atoms with Gasteiger partial charge in [0.2, 0.25) is 5.43 Å². The smallest absolute Gasteiger partial charge is 0.341 e. The summed E-state index contributed by atoms with van der Waals surface area (Å²) in [7, 11) is 7.29. The average molecular weight is 562 g/mol. The Labute approximate surface area is 233 Å². The molecule has 0 amide bonds. The Morgan fingerprint density at radius 1 is 1.20 bits per heavy atom. The minimum atomic E-state index is -1.33. The Hall–Kier alpha value is -4.58. The van der Waals surface area contributed by atoms with Crippen LogP contribution in [0.3, 0.4) is 0 Å². The Kier molecular flexibility index (Phi) is 6.37. The van der Waals surface area contributed by atoms with Gasteiger partial charge in [0.1, 0.15) is 16.9 Å². The number of nitrogens with zero attached hydrogens (tertiary/aromatic N) is 5. The number of carboxylic acid groups (broad SMARTS) is 1. The summed E-state index contributed by atoms with van der Waals surface area (Å²) in [4.78, 5) is 41.5. The van der Waals surface area contributed by atoms with Crippen molar-refractivity contribution in [2.45, 2.75) is 18.9 Å². The van der Waals surface area contributed by atoms with Crippen LogP contribution in [0.2, 0.25) is 0 Å². The Morgan fingerprint density at radius 2 is 1.98 bits per heavy atom. The van der Waals surface area contributed by atoms with Crippen molar-refractivity contribution < 1.29 is 18.7 Å². The molecule has 5 aromatic rings. The van der Waals surface area contributed by atoms with Crippen molar-refractivity contribution in [2.75, 3.05) is 44.4 Å². The van der Waals surface area contributed by atoms with E-state index in [0.29, 0.717) is 57.8 Å². The molecule has 1 atom stereocenters. The number of halogens is 2. The first kappa shape index (κ1) is 26.6. The van der Waals surface area contributed by atoms with E-state index in [0.717, 1.165) is 18.9 Å². The molecule has 1 aromatic carbocycles. The summed E-state index contributed by atoms with van der Waals surface area (Å²) in [6, 6.07) is 2.93. The number of carboxylic acids is 1. The maximum Gasteiger partial charge on any atom is 0.341 e. The molecular formula is C29H29F2N7O3.